The van der Waals surface area contributed by atoms with Crippen molar-refractivity contribution in [3.8, 4) is 0 Å². The van der Waals surface area contributed by atoms with Crippen molar-refractivity contribution < 1.29 is 4.84 Å². The molecule has 4 heteroatoms. The lowest BCUT2D eigenvalue weighted by Gasteiger charge is -2.25. The van der Waals surface area contributed by atoms with Crippen molar-refractivity contribution in [2.45, 2.75) is 102 Å². The Morgan fingerprint density at radius 2 is 1.45 bits per heavy atom. The third-order valence-corrected chi connectivity index (χ3v) is 5.25. The van der Waals surface area contributed by atoms with E-state index in [2.05, 4.69) is 10.5 Å². The Labute approximate surface area is 134 Å². The lowest BCUT2D eigenvalue weighted by Crippen LogP contribution is -2.38. The van der Waals surface area contributed by atoms with E-state index >= 15 is 0 Å². The second-order valence-electron chi connectivity index (χ2n) is 7.16. The molecule has 0 bridgehead atoms. The van der Waals surface area contributed by atoms with E-state index in [1.807, 2.05) is 0 Å². The maximum Gasteiger partial charge on any atom is 0.315 e. The first kappa shape index (κ1) is 15.8. The summed E-state index contributed by atoms with van der Waals surface area (Å²) in [6.07, 6.45) is 17.6. The molecule has 0 amide bonds. The molecule has 0 atom stereocenters. The fourth-order valence-corrected chi connectivity index (χ4v) is 3.87. The van der Waals surface area contributed by atoms with Crippen LogP contribution in [0.2, 0.25) is 0 Å². The van der Waals surface area contributed by atoms with Crippen LogP contribution in [0.1, 0.15) is 89.9 Å². The van der Waals surface area contributed by atoms with Crippen LogP contribution in [0, 0.1) is 0 Å². The van der Waals surface area contributed by atoms with E-state index in [1.54, 1.807) is 0 Å². The molecule has 3 fully saturated rings. The topological polar surface area (TPSA) is 46.0 Å². The van der Waals surface area contributed by atoms with E-state index in [1.165, 1.54) is 82.8 Å². The average Bonchev–Trinajstić information content (AvgIpc) is 3.08. The number of amidine groups is 1. The summed E-state index contributed by atoms with van der Waals surface area (Å²) in [4.78, 5) is 10.6. The highest BCUT2D eigenvalue weighted by atomic mass is 16.6. The molecule has 124 valence electrons. The Kier molecular flexibility index (Phi) is 6.14. The van der Waals surface area contributed by atoms with Crippen LogP contribution < -0.4 is 5.32 Å². The van der Waals surface area contributed by atoms with Gasteiger partial charge in [0.05, 0.1) is 11.8 Å². The zero-order chi connectivity index (χ0) is 15.0. The van der Waals surface area contributed by atoms with E-state index in [0.717, 1.165) is 12.8 Å². The average molecular weight is 305 g/mol. The molecule has 0 aromatic carbocycles. The highest BCUT2D eigenvalue weighted by Gasteiger charge is 2.19. The van der Waals surface area contributed by atoms with Crippen molar-refractivity contribution in [2.24, 2.45) is 10.1 Å². The lowest BCUT2D eigenvalue weighted by molar-refractivity contribution is 0.283. The normalized spacial score (nSPS) is 25.3. The first-order valence-corrected chi connectivity index (χ1v) is 9.47. The van der Waals surface area contributed by atoms with Crippen molar-refractivity contribution in [3.05, 3.63) is 0 Å². The quantitative estimate of drug-likeness (QED) is 0.472. The first-order valence-electron chi connectivity index (χ1n) is 9.47. The van der Waals surface area contributed by atoms with Gasteiger partial charge in [-0.3, -0.25) is 0 Å². The van der Waals surface area contributed by atoms with Crippen LogP contribution in [-0.2, 0) is 4.84 Å². The summed E-state index contributed by atoms with van der Waals surface area (Å²) >= 11 is 0. The van der Waals surface area contributed by atoms with Crippen LogP contribution in [0.5, 0.6) is 0 Å². The smallest absolute Gasteiger partial charge is 0.315 e. The second-order valence-corrected chi connectivity index (χ2v) is 7.16. The van der Waals surface area contributed by atoms with Crippen LogP contribution in [0.25, 0.3) is 0 Å². The number of hydrogen-bond acceptors (Lipinski definition) is 3. The van der Waals surface area contributed by atoms with Crippen molar-refractivity contribution in [1.29, 1.82) is 0 Å². The van der Waals surface area contributed by atoms with Gasteiger partial charge in [0.1, 0.15) is 0 Å². The molecule has 0 aromatic rings. The standard InChI is InChI=1S/C18H31N3O/c1-3-9-15(10-4-1)19-18(20-16-11-5-2-6-12-16)22-21-17-13-7-8-14-17/h15-16H,1-14H2,(H,19,20). The molecule has 0 radical (unpaired) electrons. The zero-order valence-electron chi connectivity index (χ0n) is 13.9. The highest BCUT2D eigenvalue weighted by molar-refractivity contribution is 5.86. The van der Waals surface area contributed by atoms with E-state index in [4.69, 9.17) is 9.83 Å². The van der Waals surface area contributed by atoms with Crippen LogP contribution in [0.3, 0.4) is 0 Å². The molecule has 22 heavy (non-hydrogen) atoms. The zero-order valence-corrected chi connectivity index (χ0v) is 13.9. The van der Waals surface area contributed by atoms with Gasteiger partial charge >= 0.3 is 6.02 Å². The van der Waals surface area contributed by atoms with Crippen molar-refractivity contribution in [3.63, 3.8) is 0 Å². The molecule has 0 saturated heterocycles. The van der Waals surface area contributed by atoms with Gasteiger partial charge in [-0.05, 0) is 51.4 Å². The molecule has 0 unspecified atom stereocenters. The maximum absolute atomic E-state index is 5.76. The predicted molar refractivity (Wildman–Crippen MR) is 91.3 cm³/mol. The van der Waals surface area contributed by atoms with E-state index in [-0.39, 0.29) is 0 Å². The fourth-order valence-electron chi connectivity index (χ4n) is 3.87. The van der Waals surface area contributed by atoms with Crippen LogP contribution in [0.4, 0.5) is 0 Å². The third-order valence-electron chi connectivity index (χ3n) is 5.25. The van der Waals surface area contributed by atoms with Crippen LogP contribution in [-0.4, -0.2) is 23.8 Å². The summed E-state index contributed by atoms with van der Waals surface area (Å²) < 4.78 is 0. The summed E-state index contributed by atoms with van der Waals surface area (Å²) in [6, 6.07) is 1.65. The summed E-state index contributed by atoms with van der Waals surface area (Å²) in [5.74, 6) is 0. The fraction of sp³-hybridized carbons (Fsp3) is 0.889. The minimum Gasteiger partial charge on any atom is -0.335 e. The van der Waals surface area contributed by atoms with Gasteiger partial charge in [-0.2, -0.15) is 0 Å². The molecular formula is C18H31N3O. The van der Waals surface area contributed by atoms with Gasteiger partial charge in [0.15, 0.2) is 0 Å². The molecular weight excluding hydrogens is 274 g/mol. The van der Waals surface area contributed by atoms with Gasteiger partial charge in [-0.15, -0.1) is 0 Å². The Hall–Kier alpha value is -1.06. The predicted octanol–water partition coefficient (Wildman–Crippen LogP) is 4.54. The molecule has 0 spiro atoms. The van der Waals surface area contributed by atoms with Gasteiger partial charge in [-0.25, -0.2) is 4.99 Å². The SMILES string of the molecule is C1CCC(/N=C(/NC2CCCCC2)ON=C2CCCC2)CC1. The molecule has 3 rings (SSSR count). The minimum absolute atomic E-state index is 0.434. The number of oxime groups is 1. The van der Waals surface area contributed by atoms with Gasteiger partial charge in [0, 0.05) is 6.04 Å². The molecule has 4 nitrogen and oxygen atoms in total. The Morgan fingerprint density at radius 3 is 2.14 bits per heavy atom. The maximum atomic E-state index is 5.76. The van der Waals surface area contributed by atoms with E-state index in [0.29, 0.717) is 18.1 Å². The summed E-state index contributed by atoms with van der Waals surface area (Å²) in [5.41, 5.74) is 1.21. The Bertz CT molecular complexity index is 385. The summed E-state index contributed by atoms with van der Waals surface area (Å²) in [5, 5.41) is 7.93. The van der Waals surface area contributed by atoms with Gasteiger partial charge < -0.3 is 10.2 Å². The molecule has 3 aliphatic rings. The molecule has 3 aliphatic carbocycles. The Balaban J connectivity index is 1.60. The van der Waals surface area contributed by atoms with Crippen molar-refractivity contribution in [2.75, 3.05) is 0 Å². The number of nitrogens with zero attached hydrogens (tertiary/aromatic N) is 2. The molecule has 3 saturated carbocycles. The highest BCUT2D eigenvalue weighted by Crippen LogP contribution is 2.22. The van der Waals surface area contributed by atoms with Crippen molar-refractivity contribution in [1.82, 2.24) is 5.32 Å². The molecule has 1 N–H and O–H groups in total. The number of rotatable bonds is 3. The number of nitrogens with one attached hydrogen (secondary N) is 1. The largest absolute Gasteiger partial charge is 0.335 e. The molecule has 0 heterocycles. The monoisotopic (exact) mass is 305 g/mol. The van der Waals surface area contributed by atoms with Gasteiger partial charge in [-0.1, -0.05) is 43.7 Å². The van der Waals surface area contributed by atoms with Crippen LogP contribution in [0.15, 0.2) is 10.1 Å². The van der Waals surface area contributed by atoms with Gasteiger partial charge in [0.25, 0.3) is 0 Å². The minimum atomic E-state index is 0.434. The molecule has 0 aliphatic heterocycles. The van der Waals surface area contributed by atoms with Crippen LogP contribution >= 0.6 is 0 Å². The lowest BCUT2D eigenvalue weighted by atomic mass is 9.95. The third kappa shape index (κ3) is 4.99. The Morgan fingerprint density at radius 1 is 0.818 bits per heavy atom. The number of hydrogen-bond donors (Lipinski definition) is 1. The van der Waals surface area contributed by atoms with Crippen molar-refractivity contribution >= 4 is 11.7 Å². The number of aliphatic imine (C=N–C) groups is 1. The first-order chi connectivity index (χ1) is 10.9. The van der Waals surface area contributed by atoms with Gasteiger partial charge in [0.2, 0.25) is 0 Å². The summed E-state index contributed by atoms with van der Waals surface area (Å²) in [7, 11) is 0. The van der Waals surface area contributed by atoms with E-state index in [9.17, 15) is 0 Å². The molecule has 0 aromatic heterocycles. The summed E-state index contributed by atoms with van der Waals surface area (Å²) in [6.45, 7) is 0. The second kappa shape index (κ2) is 8.54. The van der Waals surface area contributed by atoms with E-state index < -0.39 is 0 Å².